The van der Waals surface area contributed by atoms with E-state index < -0.39 is 0 Å². The van der Waals surface area contributed by atoms with Gasteiger partial charge in [-0.1, -0.05) is 6.08 Å². The van der Waals surface area contributed by atoms with Crippen molar-refractivity contribution in [1.82, 2.24) is 4.90 Å². The second kappa shape index (κ2) is 12.5. The first-order valence-electron chi connectivity index (χ1n) is 5.90. The number of methoxy groups -OCH3 is 1. The average Bonchev–Trinajstić information content (AvgIpc) is 2.37. The van der Waals surface area contributed by atoms with Crippen molar-refractivity contribution in [3.8, 4) is 0 Å². The largest absolute Gasteiger partial charge is 0.466 e. The molecule has 0 aromatic carbocycles. The topological polar surface area (TPSA) is 68.2 Å². The summed E-state index contributed by atoms with van der Waals surface area (Å²) >= 11 is 0. The van der Waals surface area contributed by atoms with Crippen LogP contribution in [-0.2, 0) is 19.0 Å². The molecular weight excluding hydrogens is 238 g/mol. The molecule has 0 atom stereocenters. The highest BCUT2D eigenvalue weighted by atomic mass is 16.5. The maximum atomic E-state index is 10.8. The van der Waals surface area contributed by atoms with Crippen LogP contribution in [0.3, 0.4) is 0 Å². The Hall–Kier alpha value is -0.950. The van der Waals surface area contributed by atoms with E-state index >= 15 is 0 Å². The molecule has 0 radical (unpaired) electrons. The van der Waals surface area contributed by atoms with Gasteiger partial charge in [-0.05, 0) is 7.05 Å². The lowest BCUT2D eigenvalue weighted by Crippen LogP contribution is -2.24. The third kappa shape index (κ3) is 11.5. The number of aliphatic hydroxyl groups excluding tert-OH is 1. The Labute approximate surface area is 108 Å². The van der Waals surface area contributed by atoms with Crippen molar-refractivity contribution >= 4 is 5.97 Å². The number of rotatable bonds is 11. The fourth-order valence-corrected chi connectivity index (χ4v) is 1.10. The Morgan fingerprint density at radius 2 is 1.89 bits per heavy atom. The van der Waals surface area contributed by atoms with Crippen LogP contribution in [0.2, 0.25) is 0 Å². The number of carbonyl (C=O) groups is 1. The number of aliphatic hydroxyl groups is 1. The van der Waals surface area contributed by atoms with Gasteiger partial charge in [0, 0.05) is 19.2 Å². The van der Waals surface area contributed by atoms with Crippen molar-refractivity contribution in [2.75, 3.05) is 60.3 Å². The third-order valence-electron chi connectivity index (χ3n) is 2.10. The third-order valence-corrected chi connectivity index (χ3v) is 2.10. The summed E-state index contributed by atoms with van der Waals surface area (Å²) in [5.41, 5.74) is 0. The standard InChI is InChI=1S/C12H23NO5/c1-13(5-3-4-12(15)16-2)6-8-17-10-11-18-9-7-14/h3-4,14H,5-11H2,1-2H3/b4-3+. The minimum Gasteiger partial charge on any atom is -0.466 e. The van der Waals surface area contributed by atoms with Crippen LogP contribution >= 0.6 is 0 Å². The first-order chi connectivity index (χ1) is 8.70. The molecular formula is C12H23NO5. The van der Waals surface area contributed by atoms with Gasteiger partial charge in [-0.25, -0.2) is 4.79 Å². The number of likely N-dealkylation sites (N-methyl/N-ethyl adjacent to an activating group) is 1. The number of esters is 1. The molecule has 0 saturated carbocycles. The minimum absolute atomic E-state index is 0.0370. The van der Waals surface area contributed by atoms with Gasteiger partial charge in [0.25, 0.3) is 0 Å². The van der Waals surface area contributed by atoms with E-state index in [1.165, 1.54) is 13.2 Å². The van der Waals surface area contributed by atoms with E-state index in [-0.39, 0.29) is 12.6 Å². The van der Waals surface area contributed by atoms with Crippen LogP contribution in [0.1, 0.15) is 0 Å². The molecule has 0 aliphatic heterocycles. The molecule has 0 aromatic heterocycles. The van der Waals surface area contributed by atoms with E-state index in [1.54, 1.807) is 6.08 Å². The summed E-state index contributed by atoms with van der Waals surface area (Å²) in [6.45, 7) is 3.44. The molecule has 0 rings (SSSR count). The first-order valence-corrected chi connectivity index (χ1v) is 5.90. The molecule has 0 fully saturated rings. The molecule has 0 aliphatic carbocycles. The highest BCUT2D eigenvalue weighted by Crippen LogP contribution is 1.87. The van der Waals surface area contributed by atoms with Gasteiger partial charge in [0.2, 0.25) is 0 Å². The SMILES string of the molecule is COC(=O)/C=C/CN(C)CCOCCOCCO. The number of hydrogen-bond donors (Lipinski definition) is 1. The molecule has 6 heteroatoms. The summed E-state index contributed by atoms with van der Waals surface area (Å²) in [6.07, 6.45) is 3.15. The molecule has 1 N–H and O–H groups in total. The zero-order chi connectivity index (χ0) is 13.6. The smallest absolute Gasteiger partial charge is 0.330 e. The molecule has 18 heavy (non-hydrogen) atoms. The number of ether oxygens (including phenoxy) is 3. The molecule has 0 bridgehead atoms. The highest BCUT2D eigenvalue weighted by Gasteiger charge is 1.97. The van der Waals surface area contributed by atoms with E-state index in [4.69, 9.17) is 14.6 Å². The van der Waals surface area contributed by atoms with Gasteiger partial charge in [-0.15, -0.1) is 0 Å². The lowest BCUT2D eigenvalue weighted by molar-refractivity contribution is -0.134. The molecule has 0 aromatic rings. The zero-order valence-corrected chi connectivity index (χ0v) is 11.1. The fourth-order valence-electron chi connectivity index (χ4n) is 1.10. The first kappa shape index (κ1) is 17.1. The van der Waals surface area contributed by atoms with Crippen LogP contribution in [0.5, 0.6) is 0 Å². The molecule has 0 spiro atoms. The summed E-state index contributed by atoms with van der Waals surface area (Å²) in [4.78, 5) is 12.8. The van der Waals surface area contributed by atoms with Crippen LogP contribution in [0.25, 0.3) is 0 Å². The van der Waals surface area contributed by atoms with Crippen molar-refractivity contribution in [3.05, 3.63) is 12.2 Å². The predicted molar refractivity (Wildman–Crippen MR) is 67.4 cm³/mol. The predicted octanol–water partition coefficient (Wildman–Crippen LogP) is -0.327. The summed E-state index contributed by atoms with van der Waals surface area (Å²) in [5, 5.41) is 8.47. The van der Waals surface area contributed by atoms with Crippen molar-refractivity contribution in [2.24, 2.45) is 0 Å². The maximum Gasteiger partial charge on any atom is 0.330 e. The molecule has 0 amide bonds. The molecule has 0 heterocycles. The molecule has 6 nitrogen and oxygen atoms in total. The summed E-state index contributed by atoms with van der Waals surface area (Å²) in [5.74, 6) is -0.347. The minimum atomic E-state index is -0.347. The Morgan fingerprint density at radius 1 is 1.22 bits per heavy atom. The van der Waals surface area contributed by atoms with Crippen LogP contribution < -0.4 is 0 Å². The molecule has 0 aliphatic rings. The average molecular weight is 261 g/mol. The van der Waals surface area contributed by atoms with Crippen LogP contribution in [0, 0.1) is 0 Å². The van der Waals surface area contributed by atoms with Crippen LogP contribution in [-0.4, -0.2) is 76.3 Å². The van der Waals surface area contributed by atoms with Crippen molar-refractivity contribution in [2.45, 2.75) is 0 Å². The van der Waals surface area contributed by atoms with Gasteiger partial charge in [-0.3, -0.25) is 0 Å². The number of hydrogen-bond acceptors (Lipinski definition) is 6. The van der Waals surface area contributed by atoms with Crippen LogP contribution in [0.15, 0.2) is 12.2 Å². The normalized spacial score (nSPS) is 11.3. The summed E-state index contributed by atoms with van der Waals surface area (Å²) in [7, 11) is 3.29. The Bertz CT molecular complexity index is 233. The van der Waals surface area contributed by atoms with Crippen molar-refractivity contribution < 1.29 is 24.1 Å². The Morgan fingerprint density at radius 3 is 2.50 bits per heavy atom. The fraction of sp³-hybridized carbons (Fsp3) is 0.750. The van der Waals surface area contributed by atoms with Crippen LogP contribution in [0.4, 0.5) is 0 Å². The highest BCUT2D eigenvalue weighted by molar-refractivity contribution is 5.81. The van der Waals surface area contributed by atoms with E-state index in [0.717, 1.165) is 6.54 Å². The van der Waals surface area contributed by atoms with Gasteiger partial charge >= 0.3 is 5.97 Å². The number of nitrogens with zero attached hydrogens (tertiary/aromatic N) is 1. The zero-order valence-electron chi connectivity index (χ0n) is 11.1. The Balaban J connectivity index is 3.34. The van der Waals surface area contributed by atoms with Gasteiger partial charge in [-0.2, -0.15) is 0 Å². The summed E-state index contributed by atoms with van der Waals surface area (Å²) in [6, 6.07) is 0. The lowest BCUT2D eigenvalue weighted by atomic mass is 10.4. The number of carbonyl (C=O) groups excluding carboxylic acids is 1. The maximum absolute atomic E-state index is 10.8. The van der Waals surface area contributed by atoms with Gasteiger partial charge < -0.3 is 24.2 Å². The second-order valence-corrected chi connectivity index (χ2v) is 3.64. The van der Waals surface area contributed by atoms with Gasteiger partial charge in [0.15, 0.2) is 0 Å². The summed E-state index contributed by atoms with van der Waals surface area (Å²) < 4.78 is 14.9. The van der Waals surface area contributed by atoms with Crippen molar-refractivity contribution in [3.63, 3.8) is 0 Å². The van der Waals surface area contributed by atoms with E-state index in [1.807, 2.05) is 11.9 Å². The van der Waals surface area contributed by atoms with Crippen molar-refractivity contribution in [1.29, 1.82) is 0 Å². The van der Waals surface area contributed by atoms with E-state index in [0.29, 0.717) is 33.0 Å². The van der Waals surface area contributed by atoms with E-state index in [9.17, 15) is 4.79 Å². The van der Waals surface area contributed by atoms with Gasteiger partial charge in [0.1, 0.15) is 0 Å². The molecule has 106 valence electrons. The Kier molecular flexibility index (Phi) is 11.8. The van der Waals surface area contributed by atoms with Gasteiger partial charge in [0.05, 0.1) is 40.1 Å². The lowest BCUT2D eigenvalue weighted by Gasteiger charge is -2.14. The molecule has 0 saturated heterocycles. The quantitative estimate of drug-likeness (QED) is 0.312. The molecule has 0 unspecified atom stereocenters. The second-order valence-electron chi connectivity index (χ2n) is 3.64. The monoisotopic (exact) mass is 261 g/mol. The van der Waals surface area contributed by atoms with E-state index in [2.05, 4.69) is 4.74 Å².